The number of halogens is 3. The Balaban J connectivity index is 0.00000150. The molecule has 4 rings (SSSR count). The van der Waals surface area contributed by atoms with E-state index >= 15 is 0 Å². The number of hydrogen-bond donors (Lipinski definition) is 0. The number of hydrogen-bond acceptors (Lipinski definition) is 1. The zero-order valence-corrected chi connectivity index (χ0v) is 20.7. The summed E-state index contributed by atoms with van der Waals surface area (Å²) in [5.41, 5.74) is 5.75. The largest absolute Gasteiger partial charge is 1.00 e. The minimum Gasteiger partial charge on any atom is -1.00 e. The molecule has 5 heteroatoms. The molecule has 3 aromatic carbocycles. The van der Waals surface area contributed by atoms with E-state index in [1.165, 1.54) is 22.3 Å². The molecule has 0 heterocycles. The van der Waals surface area contributed by atoms with Crippen molar-refractivity contribution in [3.8, 4) is 0 Å². The second kappa shape index (κ2) is 12.0. The Morgan fingerprint density at radius 1 is 0.733 bits per heavy atom. The normalized spacial score (nSPS) is 14.0. The van der Waals surface area contributed by atoms with Gasteiger partial charge in [0.15, 0.2) is 0 Å². The fourth-order valence-corrected chi connectivity index (χ4v) is 7.10. The van der Waals surface area contributed by atoms with Crippen LogP contribution in [0.5, 0.6) is 0 Å². The summed E-state index contributed by atoms with van der Waals surface area (Å²) in [6.07, 6.45) is 4.74. The van der Waals surface area contributed by atoms with Gasteiger partial charge in [-0.15, -0.1) is 0 Å². The number of rotatable bonds is 6. The molecular formula is C25H25Cl3NV. The van der Waals surface area contributed by atoms with Crippen LogP contribution >= 0.6 is 0 Å². The smallest absolute Gasteiger partial charge is 1.00 e. The Morgan fingerprint density at radius 3 is 1.77 bits per heavy atom. The van der Waals surface area contributed by atoms with Gasteiger partial charge in [0.1, 0.15) is 0 Å². The van der Waals surface area contributed by atoms with Crippen LogP contribution in [0, 0.1) is 0 Å². The predicted octanol–water partition coefficient (Wildman–Crippen LogP) is -3.65. The standard InChI is InChI=1S/C16H18N.C9H7.3ClH.V/c1-17(2)13-16(14-9-5-3-6-10-14)15-11-7-4-8-12-15;1-2-5-9-7-3-6-8(9)4-1;;;;/h3-12H,13H2,1-2H3;1-7H;3*1H;/q;;;;;+3/p-3. The molecule has 0 saturated carbocycles. The molecule has 1 unspecified atom stereocenters. The van der Waals surface area contributed by atoms with Gasteiger partial charge < -0.3 is 37.2 Å². The monoisotopic (exact) mass is 495 g/mol. The van der Waals surface area contributed by atoms with Crippen LogP contribution in [-0.2, 0) is 20.4 Å². The fourth-order valence-electron chi connectivity index (χ4n) is 4.01. The van der Waals surface area contributed by atoms with E-state index in [0.717, 1.165) is 6.54 Å². The van der Waals surface area contributed by atoms with Crippen molar-refractivity contribution in [1.82, 2.24) is 4.90 Å². The van der Waals surface area contributed by atoms with Crippen LogP contribution in [0.15, 0.2) is 91.0 Å². The van der Waals surface area contributed by atoms with E-state index in [0.29, 0.717) is 4.63 Å². The first-order valence-corrected chi connectivity index (χ1v) is 10.9. The van der Waals surface area contributed by atoms with E-state index in [9.17, 15) is 0 Å². The first-order chi connectivity index (χ1) is 13.2. The molecule has 0 bridgehead atoms. The number of nitrogens with zero attached hydrogens (tertiary/aromatic N) is 1. The van der Waals surface area contributed by atoms with Gasteiger partial charge in [-0.05, 0) is 0 Å². The van der Waals surface area contributed by atoms with Crippen molar-refractivity contribution in [1.29, 1.82) is 0 Å². The van der Waals surface area contributed by atoms with E-state index in [1.54, 1.807) is 0 Å². The Labute approximate surface area is 206 Å². The van der Waals surface area contributed by atoms with Crippen molar-refractivity contribution >= 4 is 6.08 Å². The van der Waals surface area contributed by atoms with Crippen molar-refractivity contribution in [3.63, 3.8) is 0 Å². The summed E-state index contributed by atoms with van der Waals surface area (Å²) in [6, 6.07) is 31.1. The molecule has 0 radical (unpaired) electrons. The zero-order chi connectivity index (χ0) is 18.7. The molecule has 1 atom stereocenters. The summed E-state index contributed by atoms with van der Waals surface area (Å²) < 4.78 is 0.562. The minimum absolute atomic E-state index is 0. The van der Waals surface area contributed by atoms with Crippen molar-refractivity contribution in [2.24, 2.45) is 0 Å². The van der Waals surface area contributed by atoms with Crippen LogP contribution < -0.4 is 37.2 Å². The average molecular weight is 497 g/mol. The summed E-state index contributed by atoms with van der Waals surface area (Å²) >= 11 is -0.0474. The molecule has 1 aliphatic rings. The van der Waals surface area contributed by atoms with Crippen molar-refractivity contribution in [2.75, 3.05) is 20.6 Å². The van der Waals surface area contributed by atoms with E-state index < -0.39 is 0 Å². The third-order valence-electron chi connectivity index (χ3n) is 5.18. The van der Waals surface area contributed by atoms with Crippen molar-refractivity contribution < 1.29 is 53.5 Å². The van der Waals surface area contributed by atoms with Crippen LogP contribution in [0.2, 0.25) is 0 Å². The van der Waals surface area contributed by atoms with Gasteiger partial charge in [-0.25, -0.2) is 0 Å². The summed E-state index contributed by atoms with van der Waals surface area (Å²) in [4.78, 5) is 2.35. The first kappa shape index (κ1) is 26.8. The van der Waals surface area contributed by atoms with Crippen LogP contribution in [-0.4, -0.2) is 25.5 Å². The number of fused-ring (bicyclic) bond motifs is 1. The maximum absolute atomic E-state index is 2.43. The second-order valence-electron chi connectivity index (χ2n) is 7.39. The van der Waals surface area contributed by atoms with Crippen molar-refractivity contribution in [2.45, 2.75) is 8.76 Å². The Kier molecular flexibility index (Phi) is 10.7. The molecule has 3 aromatic rings. The summed E-state index contributed by atoms with van der Waals surface area (Å²) in [5, 5.41) is 0. The number of benzene rings is 3. The Morgan fingerprint density at radius 2 is 1.23 bits per heavy atom. The average Bonchev–Trinajstić information content (AvgIpc) is 3.11. The second-order valence-corrected chi connectivity index (χ2v) is 9.86. The Bertz CT molecular complexity index is 890. The molecule has 0 aromatic heterocycles. The number of likely N-dealkylation sites (N-methyl/N-ethyl adjacent to an activating group) is 1. The fraction of sp³-hybridized carbons (Fsp3) is 0.200. The van der Waals surface area contributed by atoms with Crippen LogP contribution in [0.3, 0.4) is 0 Å². The minimum atomic E-state index is -0.0474. The molecule has 156 valence electrons. The van der Waals surface area contributed by atoms with Gasteiger partial charge in [-0.2, -0.15) is 0 Å². The molecule has 0 N–H and O–H groups in total. The van der Waals surface area contributed by atoms with Crippen LogP contribution in [0.1, 0.15) is 26.9 Å². The molecule has 0 fully saturated rings. The maximum Gasteiger partial charge on any atom is -1.00 e. The quantitative estimate of drug-likeness (QED) is 0.340. The van der Waals surface area contributed by atoms with E-state index in [-0.39, 0.29) is 57.6 Å². The third kappa shape index (κ3) is 5.54. The van der Waals surface area contributed by atoms with Gasteiger partial charge in [-0.1, -0.05) is 0 Å². The molecule has 0 saturated heterocycles. The van der Waals surface area contributed by atoms with E-state index in [4.69, 9.17) is 0 Å². The molecule has 1 nitrogen and oxygen atoms in total. The van der Waals surface area contributed by atoms with Gasteiger partial charge in [0, 0.05) is 0 Å². The summed E-state index contributed by atoms with van der Waals surface area (Å²) in [7, 11) is 4.39. The zero-order valence-electron chi connectivity index (χ0n) is 17.1. The maximum atomic E-state index is 2.43. The van der Waals surface area contributed by atoms with Crippen LogP contribution in [0.4, 0.5) is 0 Å². The first-order valence-electron chi connectivity index (χ1n) is 9.44. The molecule has 0 spiro atoms. The molecule has 30 heavy (non-hydrogen) atoms. The summed E-state index contributed by atoms with van der Waals surface area (Å²) in [5.74, 6) is 0. The molecule has 1 aliphatic carbocycles. The topological polar surface area (TPSA) is 3.24 Å². The molecular weight excluding hydrogens is 472 g/mol. The predicted molar refractivity (Wildman–Crippen MR) is 110 cm³/mol. The third-order valence-corrected chi connectivity index (χ3v) is 8.03. The van der Waals surface area contributed by atoms with E-state index in [1.807, 2.05) is 0 Å². The summed E-state index contributed by atoms with van der Waals surface area (Å²) in [6.45, 7) is 1.02. The van der Waals surface area contributed by atoms with Gasteiger partial charge in [0.25, 0.3) is 0 Å². The van der Waals surface area contributed by atoms with E-state index in [2.05, 4.69) is 116 Å². The van der Waals surface area contributed by atoms with Gasteiger partial charge in [0.2, 0.25) is 0 Å². The number of allylic oxidation sites excluding steroid dienone is 1. The van der Waals surface area contributed by atoms with Gasteiger partial charge >= 0.3 is 170 Å². The van der Waals surface area contributed by atoms with Gasteiger partial charge in [-0.3, -0.25) is 0 Å². The SMILES string of the molecule is CN(C)C[C]([V+3][CH]1C=Cc2ccccc21)(c1ccccc1)c1ccccc1.[Cl-].[Cl-].[Cl-]. The van der Waals surface area contributed by atoms with Gasteiger partial charge in [0.05, 0.1) is 0 Å². The van der Waals surface area contributed by atoms with Crippen LogP contribution in [0.25, 0.3) is 6.08 Å². The van der Waals surface area contributed by atoms with Crippen molar-refractivity contribution in [3.05, 3.63) is 113 Å². The molecule has 0 aliphatic heterocycles. The Hall–Kier alpha value is -1.19. The molecule has 0 amide bonds.